The molecule has 1 saturated carbocycles. The molecule has 3 atom stereocenters. The lowest BCUT2D eigenvalue weighted by Crippen LogP contribution is -2.51. The van der Waals surface area contributed by atoms with Gasteiger partial charge < -0.3 is 10.6 Å². The fraction of sp³-hybridized carbons (Fsp3) is 0.650. The van der Waals surface area contributed by atoms with Gasteiger partial charge in [-0.1, -0.05) is 19.4 Å². The highest BCUT2D eigenvalue weighted by Crippen LogP contribution is 2.33. The van der Waals surface area contributed by atoms with Crippen LogP contribution in [-0.2, 0) is 4.79 Å². The summed E-state index contributed by atoms with van der Waals surface area (Å²) < 4.78 is 27.4. The molecule has 1 aliphatic heterocycles. The van der Waals surface area contributed by atoms with E-state index in [9.17, 15) is 13.6 Å². The van der Waals surface area contributed by atoms with Crippen LogP contribution in [0, 0.1) is 23.5 Å². The molecule has 26 heavy (non-hydrogen) atoms. The number of rotatable bonds is 5. The zero-order valence-electron chi connectivity index (χ0n) is 15.5. The molecule has 0 radical (unpaired) electrons. The highest BCUT2D eigenvalue weighted by Gasteiger charge is 2.36. The van der Waals surface area contributed by atoms with Crippen LogP contribution in [0.25, 0.3) is 0 Å². The molecule has 1 aliphatic carbocycles. The highest BCUT2D eigenvalue weighted by atomic mass is 19.1. The van der Waals surface area contributed by atoms with E-state index in [0.29, 0.717) is 44.2 Å². The van der Waals surface area contributed by atoms with Gasteiger partial charge in [0.2, 0.25) is 5.91 Å². The van der Waals surface area contributed by atoms with Gasteiger partial charge >= 0.3 is 0 Å². The van der Waals surface area contributed by atoms with Crippen molar-refractivity contribution in [3.63, 3.8) is 0 Å². The molecule has 0 spiro atoms. The summed E-state index contributed by atoms with van der Waals surface area (Å²) in [5.41, 5.74) is 6.35. The van der Waals surface area contributed by atoms with Crippen LogP contribution in [-0.4, -0.2) is 48.4 Å². The number of hydrogen-bond acceptors (Lipinski definition) is 3. The predicted octanol–water partition coefficient (Wildman–Crippen LogP) is 2.94. The van der Waals surface area contributed by atoms with Gasteiger partial charge in [-0.25, -0.2) is 8.78 Å². The number of nitrogens with two attached hydrogens (primary N) is 1. The third-order valence-corrected chi connectivity index (χ3v) is 6.05. The standard InChI is InChI=1S/C20H29F2N3O/c1-2-19(17-7-6-15(21)12-18(17)22)24-8-10-25(11-9-24)20(26)16-5-3-4-14(16)13-23/h6-7,12,14,16,19H,2-5,8-11,13,23H2,1H3/t14-,16-,19?/m1/s1. The number of halogens is 2. The van der Waals surface area contributed by atoms with E-state index in [-0.39, 0.29) is 17.9 Å². The Morgan fingerprint density at radius 2 is 1.96 bits per heavy atom. The first-order chi connectivity index (χ1) is 12.5. The SMILES string of the molecule is CCC(c1ccc(F)cc1F)N1CCN(C(=O)[C@@H]2CCC[C@@H]2CN)CC1. The van der Waals surface area contributed by atoms with Crippen LogP contribution in [0.1, 0.15) is 44.2 Å². The summed E-state index contributed by atoms with van der Waals surface area (Å²) in [5.74, 6) is -0.423. The second kappa shape index (κ2) is 8.44. The molecule has 144 valence electrons. The van der Waals surface area contributed by atoms with E-state index in [2.05, 4.69) is 4.90 Å². The van der Waals surface area contributed by atoms with Gasteiger partial charge in [-0.15, -0.1) is 0 Å². The summed E-state index contributed by atoms with van der Waals surface area (Å²) in [5, 5.41) is 0. The molecule has 1 heterocycles. The molecule has 2 fully saturated rings. The van der Waals surface area contributed by atoms with Crippen molar-refractivity contribution < 1.29 is 13.6 Å². The Morgan fingerprint density at radius 3 is 2.58 bits per heavy atom. The van der Waals surface area contributed by atoms with E-state index in [1.54, 1.807) is 6.07 Å². The molecular formula is C20H29F2N3O. The molecule has 4 nitrogen and oxygen atoms in total. The smallest absolute Gasteiger partial charge is 0.226 e. The molecular weight excluding hydrogens is 336 g/mol. The molecule has 1 amide bonds. The van der Waals surface area contributed by atoms with Crippen LogP contribution in [0.3, 0.4) is 0 Å². The van der Waals surface area contributed by atoms with Crippen molar-refractivity contribution in [2.45, 2.75) is 38.6 Å². The zero-order chi connectivity index (χ0) is 18.7. The van der Waals surface area contributed by atoms with Crippen LogP contribution < -0.4 is 5.73 Å². The molecule has 0 aromatic heterocycles. The highest BCUT2D eigenvalue weighted by molar-refractivity contribution is 5.79. The first kappa shape index (κ1) is 19.2. The van der Waals surface area contributed by atoms with Crippen molar-refractivity contribution in [2.75, 3.05) is 32.7 Å². The van der Waals surface area contributed by atoms with Crippen LogP contribution in [0.4, 0.5) is 8.78 Å². The number of amides is 1. The lowest BCUT2D eigenvalue weighted by molar-refractivity contribution is -0.138. The van der Waals surface area contributed by atoms with Crippen LogP contribution in [0.15, 0.2) is 18.2 Å². The lowest BCUT2D eigenvalue weighted by Gasteiger charge is -2.40. The Labute approximate surface area is 154 Å². The summed E-state index contributed by atoms with van der Waals surface area (Å²) >= 11 is 0. The fourth-order valence-electron chi connectivity index (χ4n) is 4.58. The number of nitrogens with zero attached hydrogens (tertiary/aromatic N) is 2. The third-order valence-electron chi connectivity index (χ3n) is 6.05. The summed E-state index contributed by atoms with van der Waals surface area (Å²) in [4.78, 5) is 17.0. The Morgan fingerprint density at radius 1 is 1.23 bits per heavy atom. The quantitative estimate of drug-likeness (QED) is 0.873. The molecule has 0 bridgehead atoms. The molecule has 1 aromatic rings. The topological polar surface area (TPSA) is 49.6 Å². The van der Waals surface area contributed by atoms with Gasteiger partial charge in [0.1, 0.15) is 11.6 Å². The average Bonchev–Trinajstić information content (AvgIpc) is 3.12. The zero-order valence-corrected chi connectivity index (χ0v) is 15.5. The van der Waals surface area contributed by atoms with Crippen molar-refractivity contribution in [1.29, 1.82) is 0 Å². The monoisotopic (exact) mass is 365 g/mol. The molecule has 2 N–H and O–H groups in total. The molecule has 1 aromatic carbocycles. The number of carbonyl (C=O) groups is 1. The van der Waals surface area contributed by atoms with Gasteiger partial charge in [0.05, 0.1) is 0 Å². The first-order valence-corrected chi connectivity index (χ1v) is 9.73. The minimum Gasteiger partial charge on any atom is -0.340 e. The van der Waals surface area contributed by atoms with Gasteiger partial charge in [-0.2, -0.15) is 0 Å². The van der Waals surface area contributed by atoms with E-state index < -0.39 is 11.6 Å². The minimum atomic E-state index is -0.553. The van der Waals surface area contributed by atoms with E-state index in [1.165, 1.54) is 6.07 Å². The van der Waals surface area contributed by atoms with Gasteiger partial charge in [0.25, 0.3) is 0 Å². The Balaban J connectivity index is 1.62. The first-order valence-electron chi connectivity index (χ1n) is 9.73. The van der Waals surface area contributed by atoms with Gasteiger partial charge in [0, 0.05) is 49.8 Å². The van der Waals surface area contributed by atoms with Crippen molar-refractivity contribution in [3.8, 4) is 0 Å². The van der Waals surface area contributed by atoms with Crippen LogP contribution in [0.2, 0.25) is 0 Å². The maximum atomic E-state index is 14.2. The predicted molar refractivity (Wildman–Crippen MR) is 97.4 cm³/mol. The third kappa shape index (κ3) is 3.91. The van der Waals surface area contributed by atoms with E-state index in [0.717, 1.165) is 31.7 Å². The summed E-state index contributed by atoms with van der Waals surface area (Å²) in [6, 6.07) is 3.72. The van der Waals surface area contributed by atoms with Crippen LogP contribution >= 0.6 is 0 Å². The second-order valence-electron chi connectivity index (χ2n) is 7.48. The Bertz CT molecular complexity index is 631. The van der Waals surface area contributed by atoms with E-state index >= 15 is 0 Å². The molecule has 1 saturated heterocycles. The molecule has 2 aliphatic rings. The normalized spacial score (nSPS) is 25.5. The average molecular weight is 365 g/mol. The molecule has 3 rings (SSSR count). The van der Waals surface area contributed by atoms with E-state index in [1.807, 2.05) is 11.8 Å². The van der Waals surface area contributed by atoms with Crippen molar-refractivity contribution in [3.05, 3.63) is 35.4 Å². The number of piperazine rings is 1. The van der Waals surface area contributed by atoms with Crippen molar-refractivity contribution in [2.24, 2.45) is 17.6 Å². The fourth-order valence-corrected chi connectivity index (χ4v) is 4.58. The summed E-state index contributed by atoms with van der Waals surface area (Å²) in [6.07, 6.45) is 3.82. The number of benzene rings is 1. The molecule has 6 heteroatoms. The minimum absolute atomic E-state index is 0.0723. The summed E-state index contributed by atoms with van der Waals surface area (Å²) in [7, 11) is 0. The van der Waals surface area contributed by atoms with Gasteiger partial charge in [-0.3, -0.25) is 9.69 Å². The molecule has 1 unspecified atom stereocenters. The number of carbonyl (C=O) groups excluding carboxylic acids is 1. The summed E-state index contributed by atoms with van der Waals surface area (Å²) in [6.45, 7) is 5.33. The maximum Gasteiger partial charge on any atom is 0.226 e. The Kier molecular flexibility index (Phi) is 6.24. The largest absolute Gasteiger partial charge is 0.340 e. The van der Waals surface area contributed by atoms with Gasteiger partial charge in [-0.05, 0) is 37.8 Å². The Hall–Kier alpha value is -1.53. The van der Waals surface area contributed by atoms with Crippen molar-refractivity contribution in [1.82, 2.24) is 9.80 Å². The second-order valence-corrected chi connectivity index (χ2v) is 7.48. The van der Waals surface area contributed by atoms with Crippen molar-refractivity contribution >= 4 is 5.91 Å². The number of hydrogen-bond donors (Lipinski definition) is 1. The van der Waals surface area contributed by atoms with E-state index in [4.69, 9.17) is 5.73 Å². The lowest BCUT2D eigenvalue weighted by atomic mass is 9.94. The van der Waals surface area contributed by atoms with Gasteiger partial charge in [0.15, 0.2) is 0 Å². The maximum absolute atomic E-state index is 14.2. The van der Waals surface area contributed by atoms with Crippen LogP contribution in [0.5, 0.6) is 0 Å².